The third-order valence-corrected chi connectivity index (χ3v) is 2.28. The SMILES string of the molecule is COCC(C)Nc1cc(OC)ccc1C(=O)O. The third-order valence-electron chi connectivity index (χ3n) is 2.28. The van der Waals surface area contributed by atoms with E-state index in [4.69, 9.17) is 14.6 Å². The number of nitrogens with one attached hydrogen (secondary N) is 1. The van der Waals surface area contributed by atoms with Crippen LogP contribution in [-0.4, -0.2) is 37.9 Å². The number of anilines is 1. The van der Waals surface area contributed by atoms with Crippen LogP contribution in [0.5, 0.6) is 5.75 Å². The zero-order valence-corrected chi connectivity index (χ0v) is 10.2. The molecular weight excluding hydrogens is 222 g/mol. The van der Waals surface area contributed by atoms with Crippen LogP contribution in [0, 0.1) is 0 Å². The molecule has 1 atom stereocenters. The smallest absolute Gasteiger partial charge is 0.337 e. The first-order valence-corrected chi connectivity index (χ1v) is 5.25. The highest BCUT2D eigenvalue weighted by Crippen LogP contribution is 2.23. The van der Waals surface area contributed by atoms with Crippen LogP contribution in [0.25, 0.3) is 0 Å². The summed E-state index contributed by atoms with van der Waals surface area (Å²) in [6, 6.07) is 4.82. The van der Waals surface area contributed by atoms with Crippen molar-refractivity contribution in [3.63, 3.8) is 0 Å². The molecule has 5 nitrogen and oxygen atoms in total. The number of hydrogen-bond donors (Lipinski definition) is 2. The minimum absolute atomic E-state index is 0.0187. The lowest BCUT2D eigenvalue weighted by Crippen LogP contribution is -2.22. The fourth-order valence-corrected chi connectivity index (χ4v) is 1.51. The fraction of sp³-hybridized carbons (Fsp3) is 0.417. The molecule has 0 radical (unpaired) electrons. The van der Waals surface area contributed by atoms with E-state index in [-0.39, 0.29) is 11.6 Å². The maximum absolute atomic E-state index is 11.0. The van der Waals surface area contributed by atoms with Gasteiger partial charge in [-0.1, -0.05) is 0 Å². The van der Waals surface area contributed by atoms with Gasteiger partial charge in [0.25, 0.3) is 0 Å². The van der Waals surface area contributed by atoms with Crippen molar-refractivity contribution >= 4 is 11.7 Å². The lowest BCUT2D eigenvalue weighted by atomic mass is 10.1. The van der Waals surface area contributed by atoms with Crippen molar-refractivity contribution in [2.24, 2.45) is 0 Å². The molecule has 0 bridgehead atoms. The van der Waals surface area contributed by atoms with E-state index in [1.165, 1.54) is 13.2 Å². The highest BCUT2D eigenvalue weighted by atomic mass is 16.5. The molecule has 0 saturated carbocycles. The molecule has 0 spiro atoms. The molecule has 0 aliphatic heterocycles. The molecule has 1 aromatic rings. The first-order valence-electron chi connectivity index (χ1n) is 5.25. The average molecular weight is 239 g/mol. The molecule has 0 aromatic heterocycles. The minimum atomic E-state index is -0.972. The second-order valence-corrected chi connectivity index (χ2v) is 3.72. The second-order valence-electron chi connectivity index (χ2n) is 3.72. The van der Waals surface area contributed by atoms with Gasteiger partial charge in [0, 0.05) is 19.2 Å². The number of rotatable bonds is 6. The van der Waals surface area contributed by atoms with Gasteiger partial charge in [-0.2, -0.15) is 0 Å². The number of carboxylic acids is 1. The summed E-state index contributed by atoms with van der Waals surface area (Å²) in [5.74, 6) is -0.359. The van der Waals surface area contributed by atoms with Crippen LogP contribution >= 0.6 is 0 Å². The molecule has 1 rings (SSSR count). The Morgan fingerprint density at radius 1 is 1.47 bits per heavy atom. The van der Waals surface area contributed by atoms with E-state index in [0.29, 0.717) is 18.0 Å². The van der Waals surface area contributed by atoms with Crippen molar-refractivity contribution in [2.45, 2.75) is 13.0 Å². The van der Waals surface area contributed by atoms with Crippen molar-refractivity contribution in [2.75, 3.05) is 26.1 Å². The number of methoxy groups -OCH3 is 2. The molecular formula is C12H17NO4. The van der Waals surface area contributed by atoms with Crippen molar-refractivity contribution in [1.82, 2.24) is 0 Å². The summed E-state index contributed by atoms with van der Waals surface area (Å²) < 4.78 is 10.1. The van der Waals surface area contributed by atoms with E-state index in [0.717, 1.165) is 0 Å². The van der Waals surface area contributed by atoms with Crippen molar-refractivity contribution in [3.8, 4) is 5.75 Å². The summed E-state index contributed by atoms with van der Waals surface area (Å²) >= 11 is 0. The number of carboxylic acid groups (broad SMARTS) is 1. The topological polar surface area (TPSA) is 67.8 Å². The number of aromatic carboxylic acids is 1. The summed E-state index contributed by atoms with van der Waals surface area (Å²) in [7, 11) is 3.14. The summed E-state index contributed by atoms with van der Waals surface area (Å²) in [5, 5.41) is 12.1. The Kier molecular flexibility index (Phi) is 4.78. The monoisotopic (exact) mass is 239 g/mol. The Morgan fingerprint density at radius 2 is 2.18 bits per heavy atom. The number of carbonyl (C=O) groups is 1. The van der Waals surface area contributed by atoms with E-state index in [2.05, 4.69) is 5.32 Å². The highest BCUT2D eigenvalue weighted by Gasteiger charge is 2.12. The van der Waals surface area contributed by atoms with Gasteiger partial charge in [-0.3, -0.25) is 0 Å². The zero-order valence-electron chi connectivity index (χ0n) is 10.2. The predicted molar refractivity (Wildman–Crippen MR) is 64.9 cm³/mol. The molecule has 5 heteroatoms. The van der Waals surface area contributed by atoms with Crippen LogP contribution < -0.4 is 10.1 Å². The average Bonchev–Trinajstić information content (AvgIpc) is 2.28. The van der Waals surface area contributed by atoms with Gasteiger partial charge in [0.2, 0.25) is 0 Å². The molecule has 1 aromatic carbocycles. The van der Waals surface area contributed by atoms with Crippen LogP contribution in [0.2, 0.25) is 0 Å². The minimum Gasteiger partial charge on any atom is -0.497 e. The van der Waals surface area contributed by atoms with Crippen LogP contribution in [0.3, 0.4) is 0 Å². The lowest BCUT2D eigenvalue weighted by Gasteiger charge is -2.16. The Morgan fingerprint density at radius 3 is 2.71 bits per heavy atom. The number of ether oxygens (including phenoxy) is 2. The van der Waals surface area contributed by atoms with Gasteiger partial charge in [0.05, 0.1) is 25.0 Å². The fourth-order valence-electron chi connectivity index (χ4n) is 1.51. The van der Waals surface area contributed by atoms with Gasteiger partial charge < -0.3 is 19.9 Å². The van der Waals surface area contributed by atoms with Crippen molar-refractivity contribution in [1.29, 1.82) is 0 Å². The summed E-state index contributed by atoms with van der Waals surface area (Å²) in [5.41, 5.74) is 0.746. The maximum Gasteiger partial charge on any atom is 0.337 e. The van der Waals surface area contributed by atoms with Gasteiger partial charge in [0.1, 0.15) is 5.75 Å². The van der Waals surface area contributed by atoms with E-state index >= 15 is 0 Å². The number of hydrogen-bond acceptors (Lipinski definition) is 4. The van der Waals surface area contributed by atoms with E-state index in [1.54, 1.807) is 19.2 Å². The Bertz CT molecular complexity index is 392. The van der Waals surface area contributed by atoms with Crippen molar-refractivity contribution < 1.29 is 19.4 Å². The van der Waals surface area contributed by atoms with Crippen molar-refractivity contribution in [3.05, 3.63) is 23.8 Å². The summed E-state index contributed by atoms with van der Waals surface area (Å²) in [6.45, 7) is 2.41. The lowest BCUT2D eigenvalue weighted by molar-refractivity contribution is 0.0698. The first-order chi connectivity index (χ1) is 8.08. The van der Waals surface area contributed by atoms with Gasteiger partial charge >= 0.3 is 5.97 Å². The Balaban J connectivity index is 2.96. The molecule has 0 heterocycles. The number of benzene rings is 1. The second kappa shape index (κ2) is 6.10. The maximum atomic E-state index is 11.0. The van der Waals surface area contributed by atoms with Crippen LogP contribution in [0.4, 0.5) is 5.69 Å². The normalized spacial score (nSPS) is 11.9. The molecule has 17 heavy (non-hydrogen) atoms. The molecule has 0 saturated heterocycles. The molecule has 1 unspecified atom stereocenters. The van der Waals surface area contributed by atoms with Gasteiger partial charge in [-0.25, -0.2) is 4.79 Å². The molecule has 0 amide bonds. The van der Waals surface area contributed by atoms with Gasteiger partial charge in [-0.15, -0.1) is 0 Å². The van der Waals surface area contributed by atoms with E-state index in [1.807, 2.05) is 6.92 Å². The standard InChI is InChI=1S/C12H17NO4/c1-8(7-16-2)13-11-6-9(17-3)4-5-10(11)12(14)15/h4-6,8,13H,7H2,1-3H3,(H,14,15). The largest absolute Gasteiger partial charge is 0.497 e. The summed E-state index contributed by atoms with van der Waals surface area (Å²) in [4.78, 5) is 11.0. The Hall–Kier alpha value is -1.75. The molecule has 2 N–H and O–H groups in total. The molecule has 0 aliphatic rings. The van der Waals surface area contributed by atoms with Crippen LogP contribution in [0.15, 0.2) is 18.2 Å². The zero-order chi connectivity index (χ0) is 12.8. The van der Waals surface area contributed by atoms with Crippen LogP contribution in [-0.2, 0) is 4.74 Å². The van der Waals surface area contributed by atoms with Gasteiger partial charge in [-0.05, 0) is 19.1 Å². The predicted octanol–water partition coefficient (Wildman–Crippen LogP) is 1.84. The van der Waals surface area contributed by atoms with E-state index < -0.39 is 5.97 Å². The quantitative estimate of drug-likeness (QED) is 0.792. The van der Waals surface area contributed by atoms with E-state index in [9.17, 15) is 4.79 Å². The molecule has 94 valence electrons. The Labute approximate surface area is 100 Å². The van der Waals surface area contributed by atoms with Crippen LogP contribution in [0.1, 0.15) is 17.3 Å². The highest BCUT2D eigenvalue weighted by molar-refractivity contribution is 5.94. The molecule has 0 fully saturated rings. The molecule has 0 aliphatic carbocycles. The van der Waals surface area contributed by atoms with Gasteiger partial charge in [0.15, 0.2) is 0 Å². The summed E-state index contributed by atoms with van der Waals surface area (Å²) in [6.07, 6.45) is 0. The third kappa shape index (κ3) is 3.64. The first kappa shape index (κ1) is 13.3.